The summed E-state index contributed by atoms with van der Waals surface area (Å²) in [6.07, 6.45) is 4.12. The van der Waals surface area contributed by atoms with Gasteiger partial charge >= 0.3 is 5.97 Å². The van der Waals surface area contributed by atoms with Gasteiger partial charge in [-0.1, -0.05) is 56.3 Å². The van der Waals surface area contributed by atoms with Gasteiger partial charge in [0.05, 0.1) is 0 Å². The van der Waals surface area contributed by atoms with Crippen molar-refractivity contribution in [3.8, 4) is 0 Å². The number of rotatable bonds is 8. The summed E-state index contributed by atoms with van der Waals surface area (Å²) in [5.41, 5.74) is 1.10. The van der Waals surface area contributed by atoms with Crippen molar-refractivity contribution < 1.29 is 14.7 Å². The minimum Gasteiger partial charge on any atom is -0.480 e. The number of carboxylic acid groups (broad SMARTS) is 1. The van der Waals surface area contributed by atoms with Crippen LogP contribution in [0.3, 0.4) is 0 Å². The summed E-state index contributed by atoms with van der Waals surface area (Å²) in [5.74, 6) is -0.851. The minimum atomic E-state index is -1.01. The first-order valence-corrected chi connectivity index (χ1v) is 7.64. The molecule has 4 nitrogen and oxygen atoms in total. The average Bonchev–Trinajstić information content (AvgIpc) is 2.49. The third kappa shape index (κ3) is 5.72. The number of benzene rings is 1. The van der Waals surface area contributed by atoms with Gasteiger partial charge in [-0.15, -0.1) is 0 Å². The van der Waals surface area contributed by atoms with Crippen LogP contribution in [0.1, 0.15) is 45.1 Å². The predicted octanol–water partition coefficient (Wildman–Crippen LogP) is 3.35. The maximum atomic E-state index is 12.2. The van der Waals surface area contributed by atoms with Crippen molar-refractivity contribution in [1.82, 2.24) is 5.32 Å². The van der Waals surface area contributed by atoms with Crippen LogP contribution in [0, 0.1) is 5.92 Å². The summed E-state index contributed by atoms with van der Waals surface area (Å²) >= 11 is 0. The molecule has 2 N–H and O–H groups in total. The number of hydrogen-bond donors (Lipinski definition) is 2. The Morgan fingerprint density at radius 2 is 1.86 bits per heavy atom. The van der Waals surface area contributed by atoms with E-state index < -0.39 is 12.0 Å². The predicted molar refractivity (Wildman–Crippen MR) is 87.6 cm³/mol. The Morgan fingerprint density at radius 3 is 2.36 bits per heavy atom. The van der Waals surface area contributed by atoms with Crippen molar-refractivity contribution in [3.63, 3.8) is 0 Å². The van der Waals surface area contributed by atoms with Gasteiger partial charge in [0.15, 0.2) is 0 Å². The van der Waals surface area contributed by atoms with Crippen molar-refractivity contribution in [2.45, 2.75) is 45.6 Å². The van der Waals surface area contributed by atoms with Crippen LogP contribution in [0.2, 0.25) is 0 Å². The molecule has 1 aromatic rings. The highest BCUT2D eigenvalue weighted by Crippen LogP contribution is 2.27. The van der Waals surface area contributed by atoms with E-state index >= 15 is 0 Å². The van der Waals surface area contributed by atoms with Gasteiger partial charge in [-0.3, -0.25) is 4.79 Å². The quantitative estimate of drug-likeness (QED) is 0.724. The first kappa shape index (κ1) is 18.0. The van der Waals surface area contributed by atoms with Crippen molar-refractivity contribution in [3.05, 3.63) is 48.0 Å². The summed E-state index contributed by atoms with van der Waals surface area (Å²) in [6.45, 7) is 5.96. The van der Waals surface area contributed by atoms with Gasteiger partial charge < -0.3 is 10.4 Å². The third-order valence-corrected chi connectivity index (χ3v) is 3.68. The van der Waals surface area contributed by atoms with Crippen molar-refractivity contribution in [2.24, 2.45) is 5.92 Å². The van der Waals surface area contributed by atoms with Crippen LogP contribution in [-0.4, -0.2) is 23.0 Å². The van der Waals surface area contributed by atoms with Crippen molar-refractivity contribution in [1.29, 1.82) is 0 Å². The standard InChI is InChI=1S/C18H25NO3/c1-4-5-11-16(18(21)22)19-17(20)12-15(13(2)3)14-9-7-6-8-10-14/h4-10,13,15-16H,11-12H2,1-3H3,(H,19,20)(H,21,22)/b5-4+. The van der Waals surface area contributed by atoms with Crippen LogP contribution in [-0.2, 0) is 9.59 Å². The first-order chi connectivity index (χ1) is 10.5. The Hall–Kier alpha value is -2.10. The minimum absolute atomic E-state index is 0.0809. The van der Waals surface area contributed by atoms with E-state index in [1.165, 1.54) is 0 Å². The zero-order valence-electron chi connectivity index (χ0n) is 13.5. The maximum Gasteiger partial charge on any atom is 0.326 e. The molecule has 22 heavy (non-hydrogen) atoms. The van der Waals surface area contributed by atoms with E-state index in [4.69, 9.17) is 5.11 Å². The molecule has 4 heteroatoms. The molecule has 2 unspecified atom stereocenters. The van der Waals surface area contributed by atoms with Gasteiger partial charge in [0.1, 0.15) is 6.04 Å². The fourth-order valence-electron chi connectivity index (χ4n) is 2.39. The lowest BCUT2D eigenvalue weighted by Gasteiger charge is -2.22. The summed E-state index contributed by atoms with van der Waals surface area (Å²) in [5, 5.41) is 11.8. The Labute approximate surface area is 132 Å². The highest BCUT2D eigenvalue weighted by Gasteiger charge is 2.23. The van der Waals surface area contributed by atoms with E-state index in [-0.39, 0.29) is 11.8 Å². The lowest BCUT2D eigenvalue weighted by atomic mass is 9.85. The summed E-state index contributed by atoms with van der Waals surface area (Å²) in [4.78, 5) is 23.4. The molecule has 0 saturated carbocycles. The fraction of sp³-hybridized carbons (Fsp3) is 0.444. The second-order valence-corrected chi connectivity index (χ2v) is 5.73. The van der Waals surface area contributed by atoms with E-state index in [9.17, 15) is 9.59 Å². The molecule has 0 fully saturated rings. The highest BCUT2D eigenvalue weighted by atomic mass is 16.4. The Balaban J connectivity index is 2.73. The maximum absolute atomic E-state index is 12.2. The summed E-state index contributed by atoms with van der Waals surface area (Å²) in [6, 6.07) is 8.99. The summed E-state index contributed by atoms with van der Waals surface area (Å²) < 4.78 is 0. The molecule has 0 aliphatic rings. The Kier molecular flexibility index (Phi) is 7.37. The van der Waals surface area contributed by atoms with Crippen LogP contribution in [0.5, 0.6) is 0 Å². The second kappa shape index (κ2) is 9.03. The zero-order valence-corrected chi connectivity index (χ0v) is 13.5. The molecular weight excluding hydrogens is 278 g/mol. The van der Waals surface area contributed by atoms with E-state index in [0.717, 1.165) is 5.56 Å². The monoisotopic (exact) mass is 303 g/mol. The number of nitrogens with one attached hydrogen (secondary N) is 1. The van der Waals surface area contributed by atoms with Crippen LogP contribution in [0.15, 0.2) is 42.5 Å². The topological polar surface area (TPSA) is 66.4 Å². The van der Waals surface area contributed by atoms with Gasteiger partial charge in [0.2, 0.25) is 5.91 Å². The summed E-state index contributed by atoms with van der Waals surface area (Å²) in [7, 11) is 0. The van der Waals surface area contributed by atoms with Gasteiger partial charge in [0, 0.05) is 6.42 Å². The van der Waals surface area contributed by atoms with Crippen LogP contribution in [0.25, 0.3) is 0 Å². The number of amides is 1. The molecule has 0 radical (unpaired) electrons. The van der Waals surface area contributed by atoms with Crippen LogP contribution in [0.4, 0.5) is 0 Å². The molecular formula is C18H25NO3. The molecule has 0 spiro atoms. The molecule has 0 saturated heterocycles. The zero-order chi connectivity index (χ0) is 16.5. The molecule has 0 aromatic heterocycles. The largest absolute Gasteiger partial charge is 0.480 e. The smallest absolute Gasteiger partial charge is 0.326 e. The number of carbonyl (C=O) groups excluding carboxylic acids is 1. The van der Waals surface area contributed by atoms with Gasteiger partial charge in [-0.2, -0.15) is 0 Å². The Morgan fingerprint density at radius 1 is 1.23 bits per heavy atom. The number of hydrogen-bond acceptors (Lipinski definition) is 2. The Bertz CT molecular complexity index is 508. The number of allylic oxidation sites excluding steroid dienone is 1. The molecule has 1 aromatic carbocycles. The van der Waals surface area contributed by atoms with Gasteiger partial charge in [-0.25, -0.2) is 4.79 Å². The highest BCUT2D eigenvalue weighted by molar-refractivity contribution is 5.84. The third-order valence-electron chi connectivity index (χ3n) is 3.68. The number of carbonyl (C=O) groups is 2. The number of carboxylic acids is 1. The van der Waals surface area contributed by atoms with E-state index in [1.807, 2.05) is 37.3 Å². The van der Waals surface area contributed by atoms with E-state index in [2.05, 4.69) is 19.2 Å². The van der Waals surface area contributed by atoms with Crippen molar-refractivity contribution in [2.75, 3.05) is 0 Å². The average molecular weight is 303 g/mol. The van der Waals surface area contributed by atoms with Crippen molar-refractivity contribution >= 4 is 11.9 Å². The second-order valence-electron chi connectivity index (χ2n) is 5.73. The van der Waals surface area contributed by atoms with E-state index in [1.54, 1.807) is 12.2 Å². The van der Waals surface area contributed by atoms with Gasteiger partial charge in [0.25, 0.3) is 0 Å². The molecule has 0 bridgehead atoms. The fourth-order valence-corrected chi connectivity index (χ4v) is 2.39. The molecule has 1 rings (SSSR count). The SMILES string of the molecule is C/C=C/CC(NC(=O)CC(c1ccccc1)C(C)C)C(=O)O. The lowest BCUT2D eigenvalue weighted by Crippen LogP contribution is -2.41. The molecule has 0 aliphatic heterocycles. The lowest BCUT2D eigenvalue weighted by molar-refractivity contribution is -0.141. The molecule has 120 valence electrons. The molecule has 2 atom stereocenters. The van der Waals surface area contributed by atoms with Crippen LogP contribution < -0.4 is 5.32 Å². The van der Waals surface area contributed by atoms with Crippen LogP contribution >= 0.6 is 0 Å². The molecule has 0 aliphatic carbocycles. The van der Waals surface area contributed by atoms with Gasteiger partial charge in [-0.05, 0) is 30.7 Å². The molecule has 1 amide bonds. The number of aliphatic carboxylic acids is 1. The first-order valence-electron chi connectivity index (χ1n) is 7.64. The normalized spacial score (nSPS) is 14.0. The van der Waals surface area contributed by atoms with E-state index in [0.29, 0.717) is 18.8 Å². The molecule has 0 heterocycles.